The molecule has 29 heavy (non-hydrogen) atoms. The lowest BCUT2D eigenvalue weighted by molar-refractivity contribution is -0.197. The molecule has 0 aliphatic carbocycles. The third kappa shape index (κ3) is 7.45. The Hall–Kier alpha value is -2.49. The van der Waals surface area contributed by atoms with Gasteiger partial charge in [0, 0.05) is 42.5 Å². The molecule has 10 heteroatoms. The summed E-state index contributed by atoms with van der Waals surface area (Å²) in [5.41, 5.74) is 0. The molecular formula is C19H30N4O6. The fourth-order valence-corrected chi connectivity index (χ4v) is 3.35. The molecule has 0 spiro atoms. The minimum atomic E-state index is -1.97. The van der Waals surface area contributed by atoms with Crippen molar-refractivity contribution in [3.63, 3.8) is 0 Å². The first-order chi connectivity index (χ1) is 15.0. The molecule has 0 saturated carbocycles. The van der Waals surface area contributed by atoms with Crippen LogP contribution in [0.1, 0.15) is 62.3 Å². The van der Waals surface area contributed by atoms with Gasteiger partial charge in [0.25, 0.3) is 11.8 Å². The highest BCUT2D eigenvalue weighted by Gasteiger charge is 2.32. The maximum Gasteiger partial charge on any atom is 0.334 e. The van der Waals surface area contributed by atoms with Crippen LogP contribution in [-0.2, 0) is 28.8 Å². The van der Waals surface area contributed by atoms with E-state index in [0.29, 0.717) is 11.5 Å². The molecule has 0 radical (unpaired) electrons. The Bertz CT molecular complexity index is 714. The maximum absolute atomic E-state index is 12.1. The summed E-state index contributed by atoms with van der Waals surface area (Å²) in [6, 6.07) is 0.0791. The van der Waals surface area contributed by atoms with E-state index in [-0.39, 0.29) is 69.6 Å². The third-order valence-electron chi connectivity index (χ3n) is 4.85. The van der Waals surface area contributed by atoms with Crippen molar-refractivity contribution in [1.82, 2.24) is 20.6 Å². The van der Waals surface area contributed by atoms with Crippen molar-refractivity contribution in [3.05, 3.63) is 0 Å². The summed E-state index contributed by atoms with van der Waals surface area (Å²) in [5.74, 6) is -2.55. The van der Waals surface area contributed by atoms with E-state index in [4.69, 9.17) is 4.11 Å². The van der Waals surface area contributed by atoms with E-state index >= 15 is 0 Å². The SMILES string of the molecule is [2H]C([2H])([2H])[13CH2]CC1CCCN1[13CH2]C(=O)NCCC(=O)[15NH][13CH2][13CH2][13C](=O)ON1C(=O)CCC1=O. The number of hydroxylamine groups is 2. The summed E-state index contributed by atoms with van der Waals surface area (Å²) in [7, 11) is 0. The highest BCUT2D eigenvalue weighted by molar-refractivity contribution is 6.01. The lowest BCUT2D eigenvalue weighted by Gasteiger charge is -2.23. The lowest BCUT2D eigenvalue weighted by Crippen LogP contribution is -2.41. The molecule has 10 nitrogen and oxygen atoms in total. The van der Waals surface area contributed by atoms with Crippen LogP contribution in [0.25, 0.3) is 0 Å². The molecule has 1 atom stereocenters. The minimum absolute atomic E-state index is 0.00915. The smallest absolute Gasteiger partial charge is 0.334 e. The van der Waals surface area contributed by atoms with Crippen LogP contribution in [0.5, 0.6) is 0 Å². The van der Waals surface area contributed by atoms with E-state index in [9.17, 15) is 24.0 Å². The molecule has 0 aromatic carbocycles. The molecule has 2 aliphatic rings. The van der Waals surface area contributed by atoms with Gasteiger partial charge >= 0.3 is 5.97 Å². The number of rotatable bonds is 11. The second kappa shape index (κ2) is 11.5. The molecule has 2 rings (SSSR count). The van der Waals surface area contributed by atoms with Crippen LogP contribution in [-0.4, -0.2) is 71.8 Å². The molecule has 2 N–H and O–H groups in total. The van der Waals surface area contributed by atoms with E-state index in [1.807, 2.05) is 4.90 Å². The van der Waals surface area contributed by atoms with E-state index < -0.39 is 24.6 Å². The number of carbonyl (C=O) groups excluding carboxylic acids is 5. The van der Waals surface area contributed by atoms with Gasteiger partial charge in [-0.2, -0.15) is 0 Å². The van der Waals surface area contributed by atoms with E-state index in [1.54, 1.807) is 0 Å². The predicted molar refractivity (Wildman–Crippen MR) is 102 cm³/mol. The largest absolute Gasteiger partial charge is 0.355 e. The first-order valence-corrected chi connectivity index (χ1v) is 9.89. The van der Waals surface area contributed by atoms with Crippen molar-refractivity contribution in [1.29, 1.82) is 0 Å². The predicted octanol–water partition coefficient (Wildman–Crippen LogP) is -0.129. The average molecular weight is 419 g/mol. The Morgan fingerprint density at radius 1 is 1.10 bits per heavy atom. The number of hydrogen-bond donors (Lipinski definition) is 2. The zero-order chi connectivity index (χ0) is 23.7. The fourth-order valence-electron chi connectivity index (χ4n) is 3.35. The van der Waals surface area contributed by atoms with Crippen LogP contribution in [0, 0.1) is 0 Å². The van der Waals surface area contributed by atoms with E-state index in [0.717, 1.165) is 19.4 Å². The van der Waals surface area contributed by atoms with Crippen molar-refractivity contribution < 1.29 is 32.9 Å². The normalized spacial score (nSPS) is 21.4. The van der Waals surface area contributed by atoms with Crippen LogP contribution in [0.4, 0.5) is 0 Å². The summed E-state index contributed by atoms with van der Waals surface area (Å²) in [5, 5.41) is 5.62. The first kappa shape index (κ1) is 18.5. The van der Waals surface area contributed by atoms with Gasteiger partial charge in [-0.25, -0.2) is 4.79 Å². The van der Waals surface area contributed by atoms with Crippen molar-refractivity contribution in [2.45, 2.75) is 64.3 Å². The molecular weight excluding hydrogens is 386 g/mol. The standard InChI is InChI=1S/C19H30N4O6/c1-2-4-14-5-3-12-22(14)13-16(25)21-10-8-15(24)20-11-9-19(28)29-23-17(26)6-7-18(23)27/h14H,2-13H2,1H3,(H,20,24)(H,21,25)/i1D3,2+1,9+1,11+1,13+1,19+1,20+1. The second-order valence-electron chi connectivity index (χ2n) is 7.05. The molecule has 0 aromatic heterocycles. The molecule has 2 saturated heterocycles. The molecule has 2 aliphatic heterocycles. The van der Waals surface area contributed by atoms with Crippen LogP contribution in [0.15, 0.2) is 0 Å². The number of nitrogens with zero attached hydrogens (tertiary/aromatic N) is 2. The molecule has 0 aromatic rings. The molecule has 1 unspecified atom stereocenters. The first-order valence-electron chi connectivity index (χ1n) is 11.4. The Labute approximate surface area is 174 Å². The number of carbonyl (C=O) groups is 5. The molecule has 0 bridgehead atoms. The Morgan fingerprint density at radius 3 is 2.52 bits per heavy atom. The average Bonchev–Trinajstić information content (AvgIpc) is 3.27. The molecule has 2 heterocycles. The van der Waals surface area contributed by atoms with Crippen LogP contribution in [0.3, 0.4) is 0 Å². The van der Waals surface area contributed by atoms with Gasteiger partial charge in [-0.1, -0.05) is 13.3 Å². The number of likely N-dealkylation sites (tertiary alicyclic amines) is 1. The van der Waals surface area contributed by atoms with Gasteiger partial charge in [-0.3, -0.25) is 24.1 Å². The third-order valence-corrected chi connectivity index (χ3v) is 4.85. The summed E-state index contributed by atoms with van der Waals surface area (Å²) in [6.07, 6.45) is 2.26. The highest BCUT2D eigenvalue weighted by atomic mass is 16.8. The molecule has 162 valence electrons. The zero-order valence-corrected chi connectivity index (χ0v) is 16.4. The van der Waals surface area contributed by atoms with Gasteiger partial charge < -0.3 is 15.5 Å². The molecule has 4 amide bonds. The van der Waals surface area contributed by atoms with Crippen molar-refractivity contribution in [3.8, 4) is 0 Å². The van der Waals surface area contributed by atoms with Gasteiger partial charge in [0.15, 0.2) is 0 Å². The van der Waals surface area contributed by atoms with Crippen LogP contribution < -0.4 is 10.6 Å². The van der Waals surface area contributed by atoms with Gasteiger partial charge in [0.2, 0.25) is 11.8 Å². The van der Waals surface area contributed by atoms with Crippen LogP contribution in [0.2, 0.25) is 0 Å². The van der Waals surface area contributed by atoms with Gasteiger partial charge in [-0.15, -0.1) is 5.06 Å². The highest BCUT2D eigenvalue weighted by Crippen LogP contribution is 2.20. The molecule has 2 fully saturated rings. The second-order valence-corrected chi connectivity index (χ2v) is 7.05. The van der Waals surface area contributed by atoms with Crippen LogP contribution >= 0.6 is 0 Å². The van der Waals surface area contributed by atoms with Gasteiger partial charge in [0.05, 0.1) is 13.0 Å². The Morgan fingerprint density at radius 2 is 1.79 bits per heavy atom. The quantitative estimate of drug-likeness (QED) is 0.271. The lowest BCUT2D eigenvalue weighted by atomic mass is 10.2. The number of imide groups is 1. The van der Waals surface area contributed by atoms with E-state index in [1.165, 1.54) is 0 Å². The Balaban J connectivity index is 1.56. The Kier molecular flexibility index (Phi) is 7.35. The van der Waals surface area contributed by atoms with Crippen molar-refractivity contribution >= 4 is 29.6 Å². The maximum atomic E-state index is 12.1. The van der Waals surface area contributed by atoms with E-state index in [2.05, 4.69) is 15.5 Å². The fraction of sp³-hybridized carbons (Fsp3) is 0.737. The summed E-state index contributed by atoms with van der Waals surface area (Å²) < 4.78 is 21.9. The van der Waals surface area contributed by atoms with Crippen molar-refractivity contribution in [2.75, 3.05) is 26.2 Å². The summed E-state index contributed by atoms with van der Waals surface area (Å²) >= 11 is 0. The topological polar surface area (TPSA) is 125 Å². The summed E-state index contributed by atoms with van der Waals surface area (Å²) in [4.78, 5) is 65.0. The number of hydrogen-bond acceptors (Lipinski definition) is 7. The number of amides is 4. The van der Waals surface area contributed by atoms with Gasteiger partial charge in [0.1, 0.15) is 0 Å². The number of nitrogens with one attached hydrogen (secondary N) is 2. The minimum Gasteiger partial charge on any atom is -0.355 e. The zero-order valence-electron chi connectivity index (χ0n) is 19.4. The monoisotopic (exact) mass is 419 g/mol. The summed E-state index contributed by atoms with van der Waals surface area (Å²) in [6.45, 7) is -0.971. The van der Waals surface area contributed by atoms with Gasteiger partial charge in [-0.05, 0) is 25.8 Å². The van der Waals surface area contributed by atoms with Crippen molar-refractivity contribution in [2.24, 2.45) is 0 Å².